The van der Waals surface area contributed by atoms with Crippen LogP contribution < -0.4 is 4.74 Å². The zero-order chi connectivity index (χ0) is 21.5. The second-order valence-corrected chi connectivity index (χ2v) is 8.01. The highest BCUT2D eigenvalue weighted by Crippen LogP contribution is 2.26. The second-order valence-electron chi connectivity index (χ2n) is 7.15. The first kappa shape index (κ1) is 21.9. The maximum atomic E-state index is 13.2. The van der Waals surface area contributed by atoms with Crippen LogP contribution in [-0.2, 0) is 6.54 Å². The molecule has 1 aromatic heterocycles. The number of halogens is 1. The fraction of sp³-hybridized carbons (Fsp3) is 0.304. The Bertz CT molecular complexity index is 955. The minimum absolute atomic E-state index is 0.130. The van der Waals surface area contributed by atoms with Gasteiger partial charge in [0.15, 0.2) is 0 Å². The monoisotopic (exact) mass is 427 g/mol. The highest BCUT2D eigenvalue weighted by atomic mass is 32.1. The lowest BCUT2D eigenvalue weighted by molar-refractivity contribution is 0.0727. The molecule has 1 amide bonds. The van der Waals surface area contributed by atoms with Crippen LogP contribution in [0, 0.1) is 5.82 Å². The molecule has 0 aliphatic rings. The summed E-state index contributed by atoms with van der Waals surface area (Å²) >= 11 is 1.44. The summed E-state index contributed by atoms with van der Waals surface area (Å²) in [4.78, 5) is 21.5. The van der Waals surface area contributed by atoms with Crippen LogP contribution in [0.2, 0.25) is 0 Å². The van der Waals surface area contributed by atoms with Crippen molar-refractivity contribution < 1.29 is 13.9 Å². The molecule has 0 spiro atoms. The molecule has 7 heteroatoms. The van der Waals surface area contributed by atoms with Crippen LogP contribution in [0.25, 0.3) is 10.6 Å². The highest BCUT2D eigenvalue weighted by Gasteiger charge is 2.20. The van der Waals surface area contributed by atoms with E-state index < -0.39 is 0 Å². The van der Waals surface area contributed by atoms with Gasteiger partial charge in [0.25, 0.3) is 5.91 Å². The molecule has 0 unspecified atom stereocenters. The summed E-state index contributed by atoms with van der Waals surface area (Å²) in [5, 5.41) is 2.58. The van der Waals surface area contributed by atoms with E-state index in [9.17, 15) is 9.18 Å². The number of carbonyl (C=O) groups excluding carboxylic acids is 1. The third-order valence-electron chi connectivity index (χ3n) is 4.53. The summed E-state index contributed by atoms with van der Waals surface area (Å²) in [6.45, 7) is 4.25. The van der Waals surface area contributed by atoms with Gasteiger partial charge >= 0.3 is 0 Å². The molecule has 0 radical (unpaired) electrons. The molecule has 30 heavy (non-hydrogen) atoms. The molecule has 5 nitrogen and oxygen atoms in total. The molecule has 158 valence electrons. The van der Waals surface area contributed by atoms with Gasteiger partial charge < -0.3 is 14.5 Å². The Labute approximate surface area is 180 Å². The Morgan fingerprint density at radius 3 is 2.40 bits per heavy atom. The summed E-state index contributed by atoms with van der Waals surface area (Å²) in [5.41, 5.74) is 2.25. The topological polar surface area (TPSA) is 45.7 Å². The number of nitrogens with zero attached hydrogens (tertiary/aromatic N) is 3. The number of carbonyl (C=O) groups is 1. The summed E-state index contributed by atoms with van der Waals surface area (Å²) in [6, 6.07) is 13.9. The maximum Gasteiger partial charge on any atom is 0.273 e. The van der Waals surface area contributed by atoms with E-state index in [1.807, 2.05) is 50.2 Å². The molecule has 3 aromatic rings. The Morgan fingerprint density at radius 2 is 1.77 bits per heavy atom. The molecule has 0 saturated heterocycles. The van der Waals surface area contributed by atoms with E-state index in [1.54, 1.807) is 22.4 Å². The van der Waals surface area contributed by atoms with Gasteiger partial charge in [-0.05, 0) is 63.0 Å². The lowest BCUT2D eigenvalue weighted by Gasteiger charge is -2.24. The van der Waals surface area contributed by atoms with Crippen molar-refractivity contribution in [2.75, 3.05) is 33.8 Å². The van der Waals surface area contributed by atoms with Gasteiger partial charge in [0.05, 0.1) is 6.61 Å². The Kier molecular flexibility index (Phi) is 7.54. The van der Waals surface area contributed by atoms with E-state index in [2.05, 4.69) is 4.98 Å². The van der Waals surface area contributed by atoms with Gasteiger partial charge in [-0.25, -0.2) is 9.37 Å². The summed E-state index contributed by atoms with van der Waals surface area (Å²) in [6.07, 6.45) is 0. The van der Waals surface area contributed by atoms with E-state index in [0.717, 1.165) is 28.4 Å². The molecule has 0 atom stereocenters. The highest BCUT2D eigenvalue weighted by molar-refractivity contribution is 7.13. The third kappa shape index (κ3) is 5.87. The van der Waals surface area contributed by atoms with Crippen LogP contribution in [0.5, 0.6) is 5.75 Å². The number of likely N-dealkylation sites (N-methyl/N-ethyl adjacent to an activating group) is 1. The van der Waals surface area contributed by atoms with Crippen LogP contribution in [0.15, 0.2) is 53.9 Å². The van der Waals surface area contributed by atoms with E-state index in [1.165, 1.54) is 23.5 Å². The van der Waals surface area contributed by atoms with Gasteiger partial charge in [-0.2, -0.15) is 0 Å². The quantitative estimate of drug-likeness (QED) is 0.503. The van der Waals surface area contributed by atoms with Gasteiger partial charge in [0, 0.05) is 30.6 Å². The van der Waals surface area contributed by atoms with Gasteiger partial charge in [-0.15, -0.1) is 11.3 Å². The minimum atomic E-state index is -0.288. The second kappa shape index (κ2) is 10.3. The van der Waals surface area contributed by atoms with Gasteiger partial charge in [-0.1, -0.05) is 12.1 Å². The van der Waals surface area contributed by atoms with Gasteiger partial charge in [-0.3, -0.25) is 4.79 Å². The lowest BCUT2D eigenvalue weighted by atomic mass is 10.2. The summed E-state index contributed by atoms with van der Waals surface area (Å²) < 4.78 is 18.7. The Hall–Kier alpha value is -2.77. The first-order valence-corrected chi connectivity index (χ1v) is 10.7. The van der Waals surface area contributed by atoms with E-state index >= 15 is 0 Å². The van der Waals surface area contributed by atoms with Gasteiger partial charge in [0.2, 0.25) is 0 Å². The van der Waals surface area contributed by atoms with Crippen molar-refractivity contribution in [3.63, 3.8) is 0 Å². The van der Waals surface area contributed by atoms with Crippen molar-refractivity contribution in [2.45, 2.75) is 13.5 Å². The van der Waals surface area contributed by atoms with Crippen LogP contribution in [0.1, 0.15) is 23.0 Å². The number of aromatic nitrogens is 1. The van der Waals surface area contributed by atoms with E-state index in [4.69, 9.17) is 4.74 Å². The number of rotatable bonds is 9. The SMILES string of the molecule is CCOc1ccc(-c2nc(C(=O)N(CCN(C)C)Cc3ccc(F)cc3)cs2)cc1. The van der Waals surface area contributed by atoms with Crippen molar-refractivity contribution in [1.29, 1.82) is 0 Å². The first-order valence-electron chi connectivity index (χ1n) is 9.83. The predicted molar refractivity (Wildman–Crippen MR) is 118 cm³/mol. The van der Waals surface area contributed by atoms with Crippen LogP contribution in [0.4, 0.5) is 4.39 Å². The Balaban J connectivity index is 1.77. The molecule has 2 aromatic carbocycles. The average molecular weight is 428 g/mol. The fourth-order valence-corrected chi connectivity index (χ4v) is 3.71. The van der Waals surface area contributed by atoms with Crippen LogP contribution in [-0.4, -0.2) is 54.5 Å². The van der Waals surface area contributed by atoms with Gasteiger partial charge in [0.1, 0.15) is 22.3 Å². The number of hydrogen-bond donors (Lipinski definition) is 0. The zero-order valence-corrected chi connectivity index (χ0v) is 18.3. The molecule has 0 aliphatic heterocycles. The first-order chi connectivity index (χ1) is 14.5. The maximum absolute atomic E-state index is 13.2. The van der Waals surface area contributed by atoms with E-state index in [0.29, 0.717) is 25.4 Å². The van der Waals surface area contributed by atoms with Crippen molar-refractivity contribution in [1.82, 2.24) is 14.8 Å². The normalized spacial score (nSPS) is 11.0. The number of thiazole rings is 1. The summed E-state index contributed by atoms with van der Waals surface area (Å²) in [5.74, 6) is 0.391. The van der Waals surface area contributed by atoms with Crippen molar-refractivity contribution >= 4 is 17.2 Å². The molecule has 0 N–H and O–H groups in total. The van der Waals surface area contributed by atoms with E-state index in [-0.39, 0.29) is 11.7 Å². The standard InChI is InChI=1S/C23H26FN3O2S/c1-4-29-20-11-7-18(8-12-20)22-25-21(16-30-22)23(28)27(14-13-26(2)3)15-17-5-9-19(24)10-6-17/h5-12,16H,4,13-15H2,1-3H3. The molecular weight excluding hydrogens is 401 g/mol. The molecular formula is C23H26FN3O2S. The minimum Gasteiger partial charge on any atom is -0.494 e. The van der Waals surface area contributed by atoms with Crippen molar-refractivity contribution in [3.8, 4) is 16.3 Å². The molecule has 0 bridgehead atoms. The molecule has 0 fully saturated rings. The summed E-state index contributed by atoms with van der Waals surface area (Å²) in [7, 11) is 3.93. The fourth-order valence-electron chi connectivity index (χ4n) is 2.91. The van der Waals surface area contributed by atoms with Crippen molar-refractivity contribution in [3.05, 3.63) is 71.0 Å². The Morgan fingerprint density at radius 1 is 1.07 bits per heavy atom. The number of benzene rings is 2. The third-order valence-corrected chi connectivity index (χ3v) is 5.42. The van der Waals surface area contributed by atoms with Crippen LogP contribution >= 0.6 is 11.3 Å². The van der Waals surface area contributed by atoms with Crippen molar-refractivity contribution in [2.24, 2.45) is 0 Å². The number of amides is 1. The molecule has 0 saturated carbocycles. The zero-order valence-electron chi connectivity index (χ0n) is 17.5. The number of hydrogen-bond acceptors (Lipinski definition) is 5. The largest absolute Gasteiger partial charge is 0.494 e. The average Bonchev–Trinajstić information content (AvgIpc) is 3.23. The molecule has 1 heterocycles. The molecule has 0 aliphatic carbocycles. The predicted octanol–water partition coefficient (Wildman–Crippen LogP) is 4.55. The number of ether oxygens (including phenoxy) is 1. The molecule has 3 rings (SSSR count). The van der Waals surface area contributed by atoms with Crippen LogP contribution in [0.3, 0.4) is 0 Å². The lowest BCUT2D eigenvalue weighted by Crippen LogP contribution is -2.36. The smallest absolute Gasteiger partial charge is 0.273 e.